The van der Waals surface area contributed by atoms with E-state index in [0.29, 0.717) is 18.6 Å². The van der Waals surface area contributed by atoms with Gasteiger partial charge in [0.1, 0.15) is 5.78 Å². The van der Waals surface area contributed by atoms with Gasteiger partial charge in [-0.3, -0.25) is 9.59 Å². The Morgan fingerprint density at radius 1 is 1.16 bits per heavy atom. The molecule has 0 saturated heterocycles. The van der Waals surface area contributed by atoms with Crippen LogP contribution < -0.4 is 0 Å². The first-order valence-corrected chi connectivity index (χ1v) is 13.0. The Balaban J connectivity index is 1.42. The summed E-state index contributed by atoms with van der Waals surface area (Å²) < 4.78 is 0. The van der Waals surface area contributed by atoms with Gasteiger partial charge in [-0.2, -0.15) is 11.8 Å². The van der Waals surface area contributed by atoms with Gasteiger partial charge < -0.3 is 10.2 Å². The van der Waals surface area contributed by atoms with Crippen molar-refractivity contribution in [3.05, 3.63) is 60.2 Å². The molecule has 3 rings (SSSR count). The molecule has 4 nitrogen and oxygen atoms in total. The highest BCUT2D eigenvalue weighted by molar-refractivity contribution is 8.01. The number of Topliss-reactive ketones (excluding diaryl/α,β-unsaturated/α-hetero) is 1. The largest absolute Gasteiger partial charge is 0.481 e. The van der Waals surface area contributed by atoms with E-state index < -0.39 is 12.1 Å². The molecule has 166 valence electrons. The van der Waals surface area contributed by atoms with E-state index in [4.69, 9.17) is 5.11 Å². The predicted octanol–water partition coefficient (Wildman–Crippen LogP) is 4.98. The Hall–Kier alpha value is -1.76. The number of rotatable bonds is 12. The first-order chi connectivity index (χ1) is 15.0. The lowest BCUT2D eigenvalue weighted by atomic mass is 10.0. The number of carboxylic acid groups (broad SMARTS) is 1. The van der Waals surface area contributed by atoms with Crippen LogP contribution in [0.3, 0.4) is 0 Å². The highest BCUT2D eigenvalue weighted by atomic mass is 32.2. The van der Waals surface area contributed by atoms with Crippen LogP contribution >= 0.6 is 23.5 Å². The van der Waals surface area contributed by atoms with Crippen molar-refractivity contribution in [1.29, 1.82) is 0 Å². The summed E-state index contributed by atoms with van der Waals surface area (Å²) in [5, 5.41) is 21.5. The van der Waals surface area contributed by atoms with Gasteiger partial charge in [-0.1, -0.05) is 54.6 Å². The van der Waals surface area contributed by atoms with Gasteiger partial charge >= 0.3 is 5.97 Å². The zero-order valence-corrected chi connectivity index (χ0v) is 19.2. The van der Waals surface area contributed by atoms with Crippen molar-refractivity contribution in [1.82, 2.24) is 0 Å². The molecule has 0 aliphatic heterocycles. The molecule has 31 heavy (non-hydrogen) atoms. The van der Waals surface area contributed by atoms with Crippen LogP contribution in [0, 0.1) is 5.92 Å². The standard InChI is InChI=1S/C25H30O4S2/c26-22(11-7-18-6-8-19-4-1-2-5-21(19)16-18)12-9-20-10-13-23(27)25(20)31-15-3-14-30-17-24(28)29/h1-2,4-6,8-9,12,16,20,22,25-26H,3,7,10-11,13-15,17H2,(H,28,29)/t20-,22?,25-/m1/s1. The highest BCUT2D eigenvalue weighted by Gasteiger charge is 2.33. The molecule has 3 atom stereocenters. The molecule has 0 aromatic heterocycles. The summed E-state index contributed by atoms with van der Waals surface area (Å²) in [6.45, 7) is 0. The lowest BCUT2D eigenvalue weighted by molar-refractivity contribution is -0.133. The van der Waals surface area contributed by atoms with E-state index in [1.807, 2.05) is 24.3 Å². The highest BCUT2D eigenvalue weighted by Crippen LogP contribution is 2.34. The molecule has 2 aromatic rings. The zero-order valence-electron chi connectivity index (χ0n) is 17.6. The molecule has 1 aliphatic carbocycles. The van der Waals surface area contributed by atoms with Crippen LogP contribution in [-0.2, 0) is 16.0 Å². The van der Waals surface area contributed by atoms with Crippen molar-refractivity contribution >= 4 is 46.0 Å². The Morgan fingerprint density at radius 2 is 1.97 bits per heavy atom. The maximum Gasteiger partial charge on any atom is 0.313 e. The number of hydrogen-bond acceptors (Lipinski definition) is 5. The lowest BCUT2D eigenvalue weighted by Gasteiger charge is -2.15. The van der Waals surface area contributed by atoms with Crippen molar-refractivity contribution in [2.45, 2.75) is 43.5 Å². The Kier molecular flexibility index (Phi) is 9.50. The number of ketones is 1. The first-order valence-electron chi connectivity index (χ1n) is 10.8. The van der Waals surface area contributed by atoms with Crippen molar-refractivity contribution < 1.29 is 19.8 Å². The number of aryl methyl sites for hydroxylation is 1. The lowest BCUT2D eigenvalue weighted by Crippen LogP contribution is -2.17. The molecule has 1 saturated carbocycles. The minimum atomic E-state index is -0.784. The summed E-state index contributed by atoms with van der Waals surface area (Å²) in [6.07, 6.45) is 7.21. The van der Waals surface area contributed by atoms with Gasteiger partial charge in [0.2, 0.25) is 0 Å². The van der Waals surface area contributed by atoms with E-state index in [1.54, 1.807) is 11.8 Å². The number of benzene rings is 2. The van der Waals surface area contributed by atoms with Gasteiger partial charge in [0.05, 0.1) is 17.1 Å². The number of carbonyl (C=O) groups excluding carboxylic acids is 1. The summed E-state index contributed by atoms with van der Waals surface area (Å²) in [5.41, 5.74) is 1.22. The Bertz CT molecular complexity index is 911. The van der Waals surface area contributed by atoms with Gasteiger partial charge in [-0.15, -0.1) is 11.8 Å². The second kappa shape index (κ2) is 12.3. The fourth-order valence-electron chi connectivity index (χ4n) is 3.86. The van der Waals surface area contributed by atoms with E-state index in [1.165, 1.54) is 28.1 Å². The van der Waals surface area contributed by atoms with E-state index >= 15 is 0 Å². The van der Waals surface area contributed by atoms with E-state index in [-0.39, 0.29) is 16.9 Å². The molecule has 0 spiro atoms. The molecule has 1 fully saturated rings. The second-order valence-corrected chi connectivity index (χ2v) is 10.3. The fourth-order valence-corrected chi connectivity index (χ4v) is 6.05. The number of hydrogen-bond donors (Lipinski definition) is 2. The summed E-state index contributed by atoms with van der Waals surface area (Å²) in [5.74, 6) is 1.48. The molecule has 1 unspecified atom stereocenters. The van der Waals surface area contributed by atoms with Gasteiger partial charge in [0.15, 0.2) is 0 Å². The number of thioether (sulfide) groups is 2. The molecule has 1 aliphatic rings. The fraction of sp³-hybridized carbons (Fsp3) is 0.440. The molecule has 0 heterocycles. The molecular formula is C25H30O4S2. The molecule has 2 N–H and O–H groups in total. The van der Waals surface area contributed by atoms with Crippen LogP contribution in [-0.4, -0.2) is 50.6 Å². The molecule has 0 bridgehead atoms. The minimum Gasteiger partial charge on any atom is -0.481 e. The van der Waals surface area contributed by atoms with Crippen molar-refractivity contribution in [3.8, 4) is 0 Å². The quantitative estimate of drug-likeness (QED) is 0.345. The number of carboxylic acids is 1. The van der Waals surface area contributed by atoms with E-state index in [2.05, 4.69) is 30.3 Å². The normalized spacial score (nSPS) is 20.0. The average molecular weight is 459 g/mol. The van der Waals surface area contributed by atoms with Gasteiger partial charge in [-0.05, 0) is 59.4 Å². The number of allylic oxidation sites excluding steroid dienone is 1. The van der Waals surface area contributed by atoms with Crippen LogP contribution in [0.25, 0.3) is 10.8 Å². The summed E-state index contributed by atoms with van der Waals surface area (Å²) in [7, 11) is 0. The molecule has 6 heteroatoms. The minimum absolute atomic E-state index is 0.0339. The Labute approximate surface area is 192 Å². The van der Waals surface area contributed by atoms with Crippen LogP contribution in [0.1, 0.15) is 31.2 Å². The van der Waals surface area contributed by atoms with E-state index in [9.17, 15) is 14.7 Å². The number of carbonyl (C=O) groups is 2. The summed E-state index contributed by atoms with van der Waals surface area (Å²) in [6, 6.07) is 14.7. The molecule has 2 aromatic carbocycles. The number of aliphatic carboxylic acids is 1. The van der Waals surface area contributed by atoms with Gasteiger partial charge in [-0.25, -0.2) is 0 Å². The predicted molar refractivity (Wildman–Crippen MR) is 131 cm³/mol. The van der Waals surface area contributed by atoms with Gasteiger partial charge in [0.25, 0.3) is 0 Å². The van der Waals surface area contributed by atoms with E-state index in [0.717, 1.165) is 30.8 Å². The monoisotopic (exact) mass is 458 g/mol. The molecule has 0 radical (unpaired) electrons. The maximum absolute atomic E-state index is 12.3. The third-order valence-electron chi connectivity index (χ3n) is 5.51. The van der Waals surface area contributed by atoms with Crippen LogP contribution in [0.2, 0.25) is 0 Å². The van der Waals surface area contributed by atoms with Crippen LogP contribution in [0.4, 0.5) is 0 Å². The third kappa shape index (κ3) is 7.70. The average Bonchev–Trinajstić information content (AvgIpc) is 3.12. The summed E-state index contributed by atoms with van der Waals surface area (Å²) >= 11 is 3.10. The van der Waals surface area contributed by atoms with Crippen molar-refractivity contribution in [2.24, 2.45) is 5.92 Å². The van der Waals surface area contributed by atoms with Crippen LogP contribution in [0.5, 0.6) is 0 Å². The second-order valence-electron chi connectivity index (χ2n) is 7.93. The topological polar surface area (TPSA) is 74.6 Å². The third-order valence-corrected chi connectivity index (χ3v) is 8.03. The first kappa shape index (κ1) is 23.9. The number of aliphatic hydroxyl groups is 1. The summed E-state index contributed by atoms with van der Waals surface area (Å²) in [4.78, 5) is 22.8. The number of fused-ring (bicyclic) bond motifs is 1. The molecular weight excluding hydrogens is 428 g/mol. The Morgan fingerprint density at radius 3 is 2.77 bits per heavy atom. The van der Waals surface area contributed by atoms with Crippen molar-refractivity contribution in [2.75, 3.05) is 17.3 Å². The van der Waals surface area contributed by atoms with Gasteiger partial charge in [0, 0.05) is 6.42 Å². The zero-order chi connectivity index (χ0) is 22.1. The van der Waals surface area contributed by atoms with Crippen molar-refractivity contribution in [3.63, 3.8) is 0 Å². The van der Waals surface area contributed by atoms with Crippen LogP contribution in [0.15, 0.2) is 54.6 Å². The SMILES string of the molecule is O=C(O)CSCCCS[C@H]1C(=O)CC[C@H]1C=CC(O)CCc1ccc2ccccc2c1. The molecule has 0 amide bonds. The maximum atomic E-state index is 12.3. The smallest absolute Gasteiger partial charge is 0.313 e. The number of aliphatic hydroxyl groups excluding tert-OH is 1.